The molecule has 6 heteroatoms. The number of carbonyl (C=O) groups excluding carboxylic acids is 2. The molecule has 0 bridgehead atoms. The van der Waals surface area contributed by atoms with Crippen LogP contribution in [0.15, 0.2) is 18.2 Å². The topological polar surface area (TPSA) is 66.6 Å². The van der Waals surface area contributed by atoms with Crippen molar-refractivity contribution in [2.24, 2.45) is 0 Å². The third-order valence-corrected chi connectivity index (χ3v) is 4.34. The lowest BCUT2D eigenvalue weighted by Gasteiger charge is -2.33. The molecule has 2 N–H and O–H groups in total. The summed E-state index contributed by atoms with van der Waals surface area (Å²) in [5, 5.41) is 0. The zero-order chi connectivity index (χ0) is 14.8. The number of anilines is 2. The van der Waals surface area contributed by atoms with Crippen LogP contribution in [0.2, 0.25) is 0 Å². The Morgan fingerprint density at radius 1 is 1.14 bits per heavy atom. The zero-order valence-corrected chi connectivity index (χ0v) is 13.4. The highest BCUT2D eigenvalue weighted by Crippen LogP contribution is 2.31. The lowest BCUT2D eigenvalue weighted by molar-refractivity contribution is -0.137. The van der Waals surface area contributed by atoms with E-state index in [0.29, 0.717) is 19.5 Å². The highest BCUT2D eigenvalue weighted by molar-refractivity contribution is 5.98. The normalized spacial score (nSPS) is 17.7. The largest absolute Gasteiger partial charge is 0.398 e. The Labute approximate surface area is 136 Å². The van der Waals surface area contributed by atoms with Gasteiger partial charge in [0.2, 0.25) is 11.8 Å². The average Bonchev–Trinajstić information content (AvgIpc) is 2.49. The van der Waals surface area contributed by atoms with Crippen LogP contribution in [0.3, 0.4) is 0 Å². The first-order valence-corrected chi connectivity index (χ1v) is 7.62. The summed E-state index contributed by atoms with van der Waals surface area (Å²) in [6, 6.07) is 5.70. The Balaban J connectivity index is 0.00000176. The highest BCUT2D eigenvalue weighted by atomic mass is 35.5. The average molecular weight is 324 g/mol. The molecule has 22 heavy (non-hydrogen) atoms. The molecule has 2 amide bonds. The molecule has 120 valence electrons. The van der Waals surface area contributed by atoms with Crippen molar-refractivity contribution in [2.75, 3.05) is 30.3 Å². The number of nitrogens with zero attached hydrogens (tertiary/aromatic N) is 2. The summed E-state index contributed by atoms with van der Waals surface area (Å²) in [4.78, 5) is 27.9. The van der Waals surface area contributed by atoms with Gasteiger partial charge in [0.05, 0.1) is 0 Å². The van der Waals surface area contributed by atoms with Crippen LogP contribution in [0.1, 0.15) is 31.2 Å². The van der Waals surface area contributed by atoms with Gasteiger partial charge in [-0.2, -0.15) is 0 Å². The molecule has 3 rings (SSSR count). The summed E-state index contributed by atoms with van der Waals surface area (Å²) in [7, 11) is 0. The van der Waals surface area contributed by atoms with E-state index in [1.165, 1.54) is 0 Å². The monoisotopic (exact) mass is 323 g/mol. The minimum absolute atomic E-state index is 0. The lowest BCUT2D eigenvalue weighted by Crippen LogP contribution is -2.46. The number of halogens is 1. The highest BCUT2D eigenvalue weighted by Gasteiger charge is 2.27. The van der Waals surface area contributed by atoms with E-state index < -0.39 is 0 Å². The van der Waals surface area contributed by atoms with Gasteiger partial charge in [-0.05, 0) is 43.4 Å². The summed E-state index contributed by atoms with van der Waals surface area (Å²) in [6.45, 7) is 1.59. The van der Waals surface area contributed by atoms with E-state index in [0.717, 1.165) is 42.6 Å². The van der Waals surface area contributed by atoms with Crippen LogP contribution >= 0.6 is 12.4 Å². The molecule has 0 atom stereocenters. The molecule has 1 aromatic carbocycles. The van der Waals surface area contributed by atoms with E-state index in [9.17, 15) is 9.59 Å². The number of hydrogen-bond donors (Lipinski definition) is 1. The summed E-state index contributed by atoms with van der Waals surface area (Å²) in [5.74, 6) is 0.0937. The molecular formula is C16H22ClN3O2. The van der Waals surface area contributed by atoms with E-state index in [4.69, 9.17) is 5.73 Å². The fraction of sp³-hybridized carbons (Fsp3) is 0.500. The number of hydrogen-bond acceptors (Lipinski definition) is 3. The fourth-order valence-electron chi connectivity index (χ4n) is 3.19. The molecule has 1 fully saturated rings. The van der Waals surface area contributed by atoms with Crippen molar-refractivity contribution in [1.29, 1.82) is 0 Å². The third-order valence-electron chi connectivity index (χ3n) is 4.34. The number of benzene rings is 1. The van der Waals surface area contributed by atoms with E-state index in [1.54, 1.807) is 9.80 Å². The minimum atomic E-state index is -0.00296. The maximum atomic E-state index is 12.6. The molecule has 5 nitrogen and oxygen atoms in total. The van der Waals surface area contributed by atoms with Crippen LogP contribution in [0.5, 0.6) is 0 Å². The van der Waals surface area contributed by atoms with Gasteiger partial charge in [0.25, 0.3) is 0 Å². The van der Waals surface area contributed by atoms with Crippen LogP contribution in [-0.2, 0) is 16.0 Å². The number of carbonyl (C=O) groups is 2. The summed E-state index contributed by atoms with van der Waals surface area (Å²) < 4.78 is 0. The first-order chi connectivity index (χ1) is 10.2. The van der Waals surface area contributed by atoms with E-state index >= 15 is 0 Å². The van der Waals surface area contributed by atoms with Gasteiger partial charge in [-0.25, -0.2) is 0 Å². The molecule has 0 aromatic heterocycles. The summed E-state index contributed by atoms with van der Waals surface area (Å²) in [5.41, 5.74) is 8.73. The van der Waals surface area contributed by atoms with Gasteiger partial charge in [0.1, 0.15) is 6.54 Å². The number of rotatable bonds is 2. The Morgan fingerprint density at radius 2 is 1.95 bits per heavy atom. The van der Waals surface area contributed by atoms with Crippen LogP contribution in [0.25, 0.3) is 0 Å². The molecule has 2 aliphatic heterocycles. The number of amides is 2. The number of nitrogens with two attached hydrogens (primary N) is 1. The minimum Gasteiger partial charge on any atom is -0.398 e. The Bertz CT molecular complexity index is 577. The fourth-order valence-corrected chi connectivity index (χ4v) is 3.19. The first-order valence-electron chi connectivity index (χ1n) is 7.62. The van der Waals surface area contributed by atoms with Gasteiger partial charge >= 0.3 is 0 Å². The van der Waals surface area contributed by atoms with Crippen LogP contribution in [0, 0.1) is 0 Å². The molecule has 2 aliphatic rings. The molecule has 2 heterocycles. The number of likely N-dealkylation sites (tertiary alicyclic amines) is 1. The predicted octanol–water partition coefficient (Wildman–Crippen LogP) is 1.98. The van der Waals surface area contributed by atoms with Gasteiger partial charge in [0, 0.05) is 30.9 Å². The molecule has 1 aromatic rings. The summed E-state index contributed by atoms with van der Waals surface area (Å²) in [6.07, 6.45) is 4.32. The maximum absolute atomic E-state index is 12.6. The standard InChI is InChI=1S/C16H21N3O2.ClH/c17-13-6-3-7-14-12(13)5-4-10-19(14)16(21)11-18-9-2-1-8-15(18)20;/h3,6-7H,1-2,4-5,8-11,17H2;1H. The van der Waals surface area contributed by atoms with Gasteiger partial charge in [-0.1, -0.05) is 6.07 Å². The molecule has 0 radical (unpaired) electrons. The van der Waals surface area contributed by atoms with E-state index in [-0.39, 0.29) is 30.8 Å². The van der Waals surface area contributed by atoms with E-state index in [1.807, 2.05) is 18.2 Å². The Morgan fingerprint density at radius 3 is 2.73 bits per heavy atom. The summed E-state index contributed by atoms with van der Waals surface area (Å²) >= 11 is 0. The lowest BCUT2D eigenvalue weighted by atomic mass is 9.99. The second-order valence-electron chi connectivity index (χ2n) is 5.77. The van der Waals surface area contributed by atoms with Crippen LogP contribution in [-0.4, -0.2) is 36.3 Å². The third kappa shape index (κ3) is 3.19. The van der Waals surface area contributed by atoms with Gasteiger partial charge < -0.3 is 15.5 Å². The zero-order valence-electron chi connectivity index (χ0n) is 12.6. The Kier molecular flexibility index (Phi) is 5.29. The molecule has 0 aliphatic carbocycles. The number of fused-ring (bicyclic) bond motifs is 1. The second kappa shape index (κ2) is 7.01. The van der Waals surface area contributed by atoms with Crippen molar-refractivity contribution >= 4 is 35.6 Å². The maximum Gasteiger partial charge on any atom is 0.246 e. The van der Waals surface area contributed by atoms with Crippen molar-refractivity contribution in [3.05, 3.63) is 23.8 Å². The smallest absolute Gasteiger partial charge is 0.246 e. The molecule has 0 unspecified atom stereocenters. The van der Waals surface area contributed by atoms with Crippen molar-refractivity contribution in [2.45, 2.75) is 32.1 Å². The van der Waals surface area contributed by atoms with Crippen LogP contribution in [0.4, 0.5) is 11.4 Å². The van der Waals surface area contributed by atoms with Gasteiger partial charge in [-0.15, -0.1) is 12.4 Å². The molecular weight excluding hydrogens is 302 g/mol. The van der Waals surface area contributed by atoms with Gasteiger partial charge in [0.15, 0.2) is 0 Å². The van der Waals surface area contributed by atoms with Crippen LogP contribution < -0.4 is 10.6 Å². The van der Waals surface area contributed by atoms with Crippen molar-refractivity contribution in [3.63, 3.8) is 0 Å². The number of piperidine rings is 1. The van der Waals surface area contributed by atoms with Crippen molar-refractivity contribution in [1.82, 2.24) is 4.90 Å². The van der Waals surface area contributed by atoms with Crippen molar-refractivity contribution in [3.8, 4) is 0 Å². The van der Waals surface area contributed by atoms with Gasteiger partial charge in [-0.3, -0.25) is 9.59 Å². The molecule has 0 saturated carbocycles. The Hall–Kier alpha value is -1.75. The van der Waals surface area contributed by atoms with Crippen molar-refractivity contribution < 1.29 is 9.59 Å². The predicted molar refractivity (Wildman–Crippen MR) is 89.2 cm³/mol. The first kappa shape index (κ1) is 16.6. The SMILES string of the molecule is Cl.Nc1cccc2c1CCCN2C(=O)CN1CCCCC1=O. The quantitative estimate of drug-likeness (QED) is 0.846. The van der Waals surface area contributed by atoms with E-state index in [2.05, 4.69) is 0 Å². The molecule has 0 spiro atoms. The molecule has 1 saturated heterocycles. The second-order valence-corrected chi connectivity index (χ2v) is 5.77. The number of nitrogen functional groups attached to an aromatic ring is 1.